The molecule has 2 aromatic heterocycles. The molecule has 3 heterocycles. The number of fused-ring (bicyclic) bond motifs is 1. The Morgan fingerprint density at radius 3 is 2.69 bits per heavy atom. The minimum absolute atomic E-state index is 0.224. The first-order valence-electron chi connectivity index (χ1n) is 9.80. The van der Waals surface area contributed by atoms with Gasteiger partial charge in [0, 0.05) is 47.1 Å². The molecule has 1 saturated heterocycles. The molecule has 2 N–H and O–H groups in total. The molecule has 1 aliphatic heterocycles. The molecule has 7 heteroatoms. The number of likely N-dealkylation sites (tertiary alicyclic amines) is 1. The molecule has 0 spiro atoms. The molecule has 0 aliphatic carbocycles. The van der Waals surface area contributed by atoms with E-state index in [4.69, 9.17) is 11.6 Å². The Morgan fingerprint density at radius 2 is 1.93 bits per heavy atom. The van der Waals surface area contributed by atoms with Crippen LogP contribution in [-0.2, 0) is 6.54 Å². The average molecular weight is 476 g/mol. The first-order valence-corrected chi connectivity index (χ1v) is 11.0. The van der Waals surface area contributed by atoms with Crippen LogP contribution in [0.15, 0.2) is 41.1 Å². The van der Waals surface area contributed by atoms with Gasteiger partial charge in [-0.1, -0.05) is 25.4 Å². The van der Waals surface area contributed by atoms with Crippen molar-refractivity contribution in [3.63, 3.8) is 0 Å². The third-order valence-corrected chi connectivity index (χ3v) is 5.96. The lowest BCUT2D eigenvalue weighted by molar-refractivity contribution is 0.133. The van der Waals surface area contributed by atoms with Crippen molar-refractivity contribution in [1.82, 2.24) is 14.9 Å². The van der Waals surface area contributed by atoms with Crippen molar-refractivity contribution in [2.75, 3.05) is 18.4 Å². The molecule has 1 aliphatic rings. The van der Waals surface area contributed by atoms with Gasteiger partial charge in [-0.05, 0) is 58.5 Å². The van der Waals surface area contributed by atoms with Crippen molar-refractivity contribution in [2.24, 2.45) is 11.8 Å². The van der Waals surface area contributed by atoms with Crippen molar-refractivity contribution in [1.29, 1.82) is 0 Å². The second-order valence-electron chi connectivity index (χ2n) is 8.11. The van der Waals surface area contributed by atoms with Crippen molar-refractivity contribution >= 4 is 49.9 Å². The van der Waals surface area contributed by atoms with Crippen LogP contribution >= 0.6 is 27.5 Å². The van der Waals surface area contributed by atoms with E-state index in [1.165, 1.54) is 6.42 Å². The highest BCUT2D eigenvalue weighted by molar-refractivity contribution is 9.10. The highest BCUT2D eigenvalue weighted by atomic mass is 79.9. The number of phenolic OH excluding ortho intramolecular Hbond substituents is 1. The summed E-state index contributed by atoms with van der Waals surface area (Å²) in [5.41, 5.74) is 3.67. The largest absolute Gasteiger partial charge is 0.505 e. The first kappa shape index (κ1) is 20.4. The zero-order valence-electron chi connectivity index (χ0n) is 16.5. The van der Waals surface area contributed by atoms with Gasteiger partial charge in [0.05, 0.1) is 16.9 Å². The van der Waals surface area contributed by atoms with Crippen molar-refractivity contribution < 1.29 is 5.11 Å². The number of hydrogen-bond acceptors (Lipinski definition) is 5. The number of piperidine rings is 1. The van der Waals surface area contributed by atoms with E-state index in [0.717, 1.165) is 39.8 Å². The molecule has 29 heavy (non-hydrogen) atoms. The van der Waals surface area contributed by atoms with Gasteiger partial charge in [-0.15, -0.1) is 0 Å². The number of aromatic nitrogens is 2. The smallest absolute Gasteiger partial charge is 0.143 e. The van der Waals surface area contributed by atoms with E-state index < -0.39 is 0 Å². The number of phenols is 1. The molecule has 152 valence electrons. The van der Waals surface area contributed by atoms with E-state index in [9.17, 15) is 5.11 Å². The summed E-state index contributed by atoms with van der Waals surface area (Å²) in [4.78, 5) is 11.2. The van der Waals surface area contributed by atoms with Gasteiger partial charge < -0.3 is 10.4 Å². The summed E-state index contributed by atoms with van der Waals surface area (Å²) >= 11 is 9.82. The van der Waals surface area contributed by atoms with E-state index in [0.29, 0.717) is 29.1 Å². The normalized spacial score (nSPS) is 20.1. The van der Waals surface area contributed by atoms with Gasteiger partial charge in [-0.2, -0.15) is 0 Å². The molecule has 0 bridgehead atoms. The molecule has 2 unspecified atom stereocenters. The summed E-state index contributed by atoms with van der Waals surface area (Å²) in [6, 6.07) is 7.35. The fourth-order valence-corrected chi connectivity index (χ4v) is 4.85. The van der Waals surface area contributed by atoms with Crippen LogP contribution in [0.5, 0.6) is 5.75 Å². The highest BCUT2D eigenvalue weighted by Crippen LogP contribution is 2.36. The van der Waals surface area contributed by atoms with Gasteiger partial charge >= 0.3 is 0 Å². The first-order chi connectivity index (χ1) is 13.9. The van der Waals surface area contributed by atoms with Crippen LogP contribution in [0.3, 0.4) is 0 Å². The predicted octanol–water partition coefficient (Wildman–Crippen LogP) is 5.97. The summed E-state index contributed by atoms with van der Waals surface area (Å²) < 4.78 is 0.868. The van der Waals surface area contributed by atoms with Crippen molar-refractivity contribution in [2.45, 2.75) is 26.8 Å². The molecule has 3 aromatic rings. The minimum atomic E-state index is 0.224. The summed E-state index contributed by atoms with van der Waals surface area (Å²) in [7, 11) is 0. The Labute approximate surface area is 184 Å². The van der Waals surface area contributed by atoms with Gasteiger partial charge in [0.2, 0.25) is 0 Å². The third kappa shape index (κ3) is 4.65. The molecule has 1 aromatic carbocycles. The monoisotopic (exact) mass is 474 g/mol. The summed E-state index contributed by atoms with van der Waals surface area (Å²) in [5, 5.41) is 14.9. The Bertz CT molecular complexity index is 1030. The Kier molecular flexibility index (Phi) is 5.95. The van der Waals surface area contributed by atoms with Crippen LogP contribution in [0.2, 0.25) is 5.02 Å². The number of nitrogens with one attached hydrogen (secondary N) is 1. The number of rotatable bonds is 4. The summed E-state index contributed by atoms with van der Waals surface area (Å²) in [6.45, 7) is 7.32. The fraction of sp³-hybridized carbons (Fsp3) is 0.364. The predicted molar refractivity (Wildman–Crippen MR) is 122 cm³/mol. The van der Waals surface area contributed by atoms with Crippen molar-refractivity contribution in [3.8, 4) is 5.75 Å². The minimum Gasteiger partial charge on any atom is -0.505 e. The van der Waals surface area contributed by atoms with Gasteiger partial charge in [0.15, 0.2) is 0 Å². The number of benzene rings is 1. The second-order valence-corrected chi connectivity index (χ2v) is 9.46. The molecule has 5 nitrogen and oxygen atoms in total. The van der Waals surface area contributed by atoms with Crippen molar-refractivity contribution in [3.05, 3.63) is 51.7 Å². The zero-order chi connectivity index (χ0) is 20.5. The SMILES string of the molecule is CC1CC(C)CN(Cc2cc(Cl)cc(Nc3ccnc4cc(Br)cnc34)c2O)C1. The molecule has 0 radical (unpaired) electrons. The van der Waals surface area contributed by atoms with Gasteiger partial charge in [-0.25, -0.2) is 0 Å². The Balaban J connectivity index is 1.64. The summed E-state index contributed by atoms with van der Waals surface area (Å²) in [5.74, 6) is 1.54. The number of hydrogen-bond donors (Lipinski definition) is 2. The molecule has 2 atom stereocenters. The summed E-state index contributed by atoms with van der Waals surface area (Å²) in [6.07, 6.45) is 4.71. The number of halogens is 2. The highest BCUT2D eigenvalue weighted by Gasteiger charge is 2.23. The molecule has 1 fully saturated rings. The van der Waals surface area contributed by atoms with Crippen LogP contribution < -0.4 is 5.32 Å². The van der Waals surface area contributed by atoms with E-state index in [1.54, 1.807) is 18.5 Å². The Hall–Kier alpha value is -1.89. The van der Waals surface area contributed by atoms with Crippen LogP contribution in [0.4, 0.5) is 11.4 Å². The molecule has 0 amide bonds. The molecular formula is C22H24BrClN4O. The zero-order valence-corrected chi connectivity index (χ0v) is 18.8. The van der Waals surface area contributed by atoms with E-state index >= 15 is 0 Å². The van der Waals surface area contributed by atoms with E-state index in [2.05, 4.69) is 50.0 Å². The maximum Gasteiger partial charge on any atom is 0.143 e. The van der Waals surface area contributed by atoms with Gasteiger partial charge in [-0.3, -0.25) is 14.9 Å². The maximum atomic E-state index is 11.0. The van der Waals surface area contributed by atoms with Crippen LogP contribution in [0.1, 0.15) is 25.8 Å². The van der Waals surface area contributed by atoms with Crippen LogP contribution in [0.25, 0.3) is 11.0 Å². The van der Waals surface area contributed by atoms with Crippen LogP contribution in [-0.4, -0.2) is 33.1 Å². The van der Waals surface area contributed by atoms with Gasteiger partial charge in [0.25, 0.3) is 0 Å². The number of pyridine rings is 2. The van der Waals surface area contributed by atoms with E-state index in [-0.39, 0.29) is 5.75 Å². The number of anilines is 2. The quantitative estimate of drug-likeness (QED) is 0.455. The fourth-order valence-electron chi connectivity index (χ4n) is 4.29. The molecular weight excluding hydrogens is 452 g/mol. The lowest BCUT2D eigenvalue weighted by Gasteiger charge is -2.35. The molecule has 0 saturated carbocycles. The lowest BCUT2D eigenvalue weighted by Crippen LogP contribution is -2.38. The average Bonchev–Trinajstić information content (AvgIpc) is 2.64. The maximum absolute atomic E-state index is 11.0. The van der Waals surface area contributed by atoms with E-state index in [1.807, 2.05) is 18.2 Å². The third-order valence-electron chi connectivity index (χ3n) is 5.31. The molecule has 4 rings (SSSR count). The lowest BCUT2D eigenvalue weighted by atomic mass is 9.91. The standard InChI is InChI=1S/C22H24BrClN4O/c1-13-5-14(2)11-28(10-13)12-15-6-17(24)8-20(22(15)29)27-18-3-4-25-19-7-16(23)9-26-21(18)19/h3-4,6-9,13-14,29H,5,10-12H2,1-2H3,(H,25,27). The Morgan fingerprint density at radius 1 is 1.17 bits per heavy atom. The topological polar surface area (TPSA) is 61.3 Å². The van der Waals surface area contributed by atoms with Crippen LogP contribution in [0, 0.1) is 11.8 Å². The second kappa shape index (κ2) is 8.46. The van der Waals surface area contributed by atoms with Gasteiger partial charge in [0.1, 0.15) is 11.3 Å². The number of nitrogens with zero attached hydrogens (tertiary/aromatic N) is 3. The number of aromatic hydroxyl groups is 1.